The number of alkyl halides is 3. The number of hydrogen-bond acceptors (Lipinski definition) is 2. The van der Waals surface area contributed by atoms with Crippen molar-refractivity contribution in [2.75, 3.05) is 7.11 Å². The Bertz CT molecular complexity index is 1200. The molecule has 1 heterocycles. The zero-order chi connectivity index (χ0) is 21.5. The minimum Gasteiger partial charge on any atom is -0.497 e. The van der Waals surface area contributed by atoms with Crippen LogP contribution in [0, 0.1) is 0 Å². The zero-order valence-corrected chi connectivity index (χ0v) is 17.2. The van der Waals surface area contributed by atoms with E-state index in [1.165, 1.54) is 12.1 Å². The van der Waals surface area contributed by atoms with Gasteiger partial charge in [-0.1, -0.05) is 47.5 Å². The van der Waals surface area contributed by atoms with E-state index in [9.17, 15) is 13.2 Å². The highest BCUT2D eigenvalue weighted by Gasteiger charge is 2.30. The average Bonchev–Trinajstić information content (AvgIpc) is 3.05. The second-order valence-corrected chi connectivity index (χ2v) is 7.51. The maximum Gasteiger partial charge on any atom is 0.416 e. The van der Waals surface area contributed by atoms with Crippen molar-refractivity contribution in [1.82, 2.24) is 9.55 Å². The van der Waals surface area contributed by atoms with E-state index >= 15 is 0 Å². The van der Waals surface area contributed by atoms with E-state index in [2.05, 4.69) is 4.98 Å². The highest BCUT2D eigenvalue weighted by molar-refractivity contribution is 6.42. The summed E-state index contributed by atoms with van der Waals surface area (Å²) in [4.78, 5) is 4.62. The molecule has 0 aliphatic rings. The Morgan fingerprint density at radius 1 is 0.933 bits per heavy atom. The molecule has 0 N–H and O–H groups in total. The molecule has 0 unspecified atom stereocenters. The lowest BCUT2D eigenvalue weighted by atomic mass is 10.1. The van der Waals surface area contributed by atoms with Crippen molar-refractivity contribution in [3.8, 4) is 17.1 Å². The summed E-state index contributed by atoms with van der Waals surface area (Å²) in [6.45, 7) is 0.439. The third-order valence-corrected chi connectivity index (χ3v) is 5.48. The van der Waals surface area contributed by atoms with Crippen LogP contribution in [0.3, 0.4) is 0 Å². The minimum absolute atomic E-state index is 0.359. The number of benzene rings is 3. The summed E-state index contributed by atoms with van der Waals surface area (Å²) in [6, 6.07) is 15.8. The van der Waals surface area contributed by atoms with E-state index in [1.54, 1.807) is 19.2 Å². The van der Waals surface area contributed by atoms with E-state index in [1.807, 2.05) is 28.8 Å². The Kier molecular flexibility index (Phi) is 5.38. The highest BCUT2D eigenvalue weighted by Crippen LogP contribution is 2.34. The summed E-state index contributed by atoms with van der Waals surface area (Å²) in [5, 5.41) is 0.733. The van der Waals surface area contributed by atoms with Crippen LogP contribution >= 0.6 is 23.2 Å². The Morgan fingerprint density at radius 2 is 1.57 bits per heavy atom. The number of fused-ring (bicyclic) bond motifs is 1. The fourth-order valence-corrected chi connectivity index (χ4v) is 3.54. The van der Waals surface area contributed by atoms with Crippen LogP contribution in [-0.4, -0.2) is 16.7 Å². The predicted octanol–water partition coefficient (Wildman–Crippen LogP) is 7.09. The summed E-state index contributed by atoms with van der Waals surface area (Å²) in [5.74, 6) is 1.25. The van der Waals surface area contributed by atoms with E-state index in [0.29, 0.717) is 33.5 Å². The molecule has 3 nitrogen and oxygen atoms in total. The molecule has 154 valence electrons. The molecule has 4 aromatic rings. The second-order valence-electron chi connectivity index (χ2n) is 6.70. The molecule has 0 fully saturated rings. The first-order valence-electron chi connectivity index (χ1n) is 8.92. The van der Waals surface area contributed by atoms with Crippen LogP contribution in [-0.2, 0) is 12.7 Å². The molecule has 0 aliphatic heterocycles. The van der Waals surface area contributed by atoms with Crippen molar-refractivity contribution in [2.24, 2.45) is 0 Å². The summed E-state index contributed by atoms with van der Waals surface area (Å²) in [6.07, 6.45) is -4.40. The van der Waals surface area contributed by atoms with Gasteiger partial charge in [0, 0.05) is 12.1 Å². The second kappa shape index (κ2) is 7.85. The summed E-state index contributed by atoms with van der Waals surface area (Å²) in [7, 11) is 1.59. The number of aromatic nitrogens is 2. The van der Waals surface area contributed by atoms with Gasteiger partial charge in [-0.05, 0) is 42.0 Å². The van der Waals surface area contributed by atoms with Crippen LogP contribution in [0.5, 0.6) is 5.75 Å². The monoisotopic (exact) mass is 450 g/mol. The van der Waals surface area contributed by atoms with Gasteiger partial charge in [0.2, 0.25) is 0 Å². The van der Waals surface area contributed by atoms with Gasteiger partial charge in [-0.15, -0.1) is 0 Å². The zero-order valence-electron chi connectivity index (χ0n) is 15.7. The molecule has 3 aromatic carbocycles. The van der Waals surface area contributed by atoms with E-state index in [4.69, 9.17) is 27.9 Å². The standard InChI is InChI=1S/C22H15Cl2F3N2O/c1-30-16-8-2-13(3-9-16)12-29-20-11-18(24)17(23)10-19(20)28-21(29)14-4-6-15(7-5-14)22(25,26)27/h2-11H,12H2,1H3. The molecular weight excluding hydrogens is 436 g/mol. The van der Waals surface area contributed by atoms with Gasteiger partial charge in [0.25, 0.3) is 0 Å². The van der Waals surface area contributed by atoms with Crippen molar-refractivity contribution < 1.29 is 17.9 Å². The third-order valence-electron chi connectivity index (χ3n) is 4.76. The van der Waals surface area contributed by atoms with Gasteiger partial charge in [-0.25, -0.2) is 4.98 Å². The SMILES string of the molecule is COc1ccc(Cn2c(-c3ccc(C(F)(F)F)cc3)nc3cc(Cl)c(Cl)cc32)cc1. The quantitative estimate of drug-likeness (QED) is 0.331. The minimum atomic E-state index is -4.40. The summed E-state index contributed by atoms with van der Waals surface area (Å²) >= 11 is 12.4. The van der Waals surface area contributed by atoms with Gasteiger partial charge >= 0.3 is 6.18 Å². The molecule has 8 heteroatoms. The van der Waals surface area contributed by atoms with Gasteiger partial charge < -0.3 is 9.30 Å². The Balaban J connectivity index is 1.84. The van der Waals surface area contributed by atoms with Crippen molar-refractivity contribution in [1.29, 1.82) is 0 Å². The first-order chi connectivity index (χ1) is 14.3. The highest BCUT2D eigenvalue weighted by atomic mass is 35.5. The topological polar surface area (TPSA) is 27.1 Å². The third kappa shape index (κ3) is 3.98. The molecule has 0 bridgehead atoms. The van der Waals surface area contributed by atoms with Crippen molar-refractivity contribution in [3.63, 3.8) is 0 Å². The number of methoxy groups -OCH3 is 1. The lowest BCUT2D eigenvalue weighted by molar-refractivity contribution is -0.137. The van der Waals surface area contributed by atoms with Crippen molar-refractivity contribution in [2.45, 2.75) is 12.7 Å². The molecule has 1 aromatic heterocycles. The van der Waals surface area contributed by atoms with Crippen molar-refractivity contribution in [3.05, 3.63) is 81.8 Å². The Morgan fingerprint density at radius 3 is 2.17 bits per heavy atom. The van der Waals surface area contributed by atoms with Gasteiger partial charge in [0.1, 0.15) is 11.6 Å². The molecule has 4 rings (SSSR count). The first kappa shape index (κ1) is 20.6. The van der Waals surface area contributed by atoms with E-state index < -0.39 is 11.7 Å². The molecular formula is C22H15Cl2F3N2O. The lowest BCUT2D eigenvalue weighted by Crippen LogP contribution is -2.05. The molecule has 0 radical (unpaired) electrons. The fourth-order valence-electron chi connectivity index (χ4n) is 3.22. The predicted molar refractivity (Wildman–Crippen MR) is 112 cm³/mol. The summed E-state index contributed by atoms with van der Waals surface area (Å²) < 4.78 is 45.9. The molecule has 0 aliphatic carbocycles. The largest absolute Gasteiger partial charge is 0.497 e. The number of hydrogen-bond donors (Lipinski definition) is 0. The van der Waals surface area contributed by atoms with Gasteiger partial charge in [-0.2, -0.15) is 13.2 Å². The number of nitrogens with zero attached hydrogens (tertiary/aromatic N) is 2. The van der Waals surface area contributed by atoms with Crippen LogP contribution in [0.2, 0.25) is 10.0 Å². The molecule has 30 heavy (non-hydrogen) atoms. The van der Waals surface area contributed by atoms with Gasteiger partial charge in [-0.3, -0.25) is 0 Å². The lowest BCUT2D eigenvalue weighted by Gasteiger charge is -2.12. The van der Waals surface area contributed by atoms with Gasteiger partial charge in [0.05, 0.1) is 33.8 Å². The van der Waals surface area contributed by atoms with E-state index in [0.717, 1.165) is 29.0 Å². The molecule has 0 atom stereocenters. The Hall–Kier alpha value is -2.70. The fraction of sp³-hybridized carbons (Fsp3) is 0.136. The van der Waals surface area contributed by atoms with Crippen LogP contribution in [0.4, 0.5) is 13.2 Å². The van der Waals surface area contributed by atoms with Crippen LogP contribution < -0.4 is 4.74 Å². The van der Waals surface area contributed by atoms with Crippen LogP contribution in [0.25, 0.3) is 22.4 Å². The van der Waals surface area contributed by atoms with Crippen LogP contribution in [0.1, 0.15) is 11.1 Å². The van der Waals surface area contributed by atoms with Crippen molar-refractivity contribution >= 4 is 34.2 Å². The molecule has 0 saturated carbocycles. The van der Waals surface area contributed by atoms with Gasteiger partial charge in [0.15, 0.2) is 0 Å². The number of imidazole rings is 1. The van der Waals surface area contributed by atoms with E-state index in [-0.39, 0.29) is 0 Å². The maximum absolute atomic E-state index is 12.9. The first-order valence-corrected chi connectivity index (χ1v) is 9.67. The number of ether oxygens (including phenoxy) is 1. The average molecular weight is 451 g/mol. The molecule has 0 saturated heterocycles. The number of rotatable bonds is 4. The molecule has 0 amide bonds. The molecule has 0 spiro atoms. The smallest absolute Gasteiger partial charge is 0.416 e. The van der Waals surface area contributed by atoms with Crippen LogP contribution in [0.15, 0.2) is 60.7 Å². The normalized spacial score (nSPS) is 11.8. The maximum atomic E-state index is 12.9. The summed E-state index contributed by atoms with van der Waals surface area (Å²) in [5.41, 5.74) is 2.15. The Labute approximate surface area is 180 Å². The number of halogens is 5.